The molecule has 149 heavy (non-hydrogen) atoms. The van der Waals surface area contributed by atoms with Crippen LogP contribution in [0.4, 0.5) is 0 Å². The molecule has 31 nitrogen and oxygen atoms in total. The van der Waals surface area contributed by atoms with E-state index in [2.05, 4.69) is 82.7 Å². The Labute approximate surface area is 866 Å². The predicted molar refractivity (Wildman–Crippen MR) is 553 cm³/mol. The van der Waals surface area contributed by atoms with Crippen molar-refractivity contribution in [1.29, 1.82) is 0 Å². The number of carbonyl (C=O) groups excluding carboxylic acids is 6. The fraction of sp³-hybridized carbons (Fsp3) is 0.500. The molecule has 0 aliphatic carbocycles. The third kappa shape index (κ3) is 23.2. The van der Waals surface area contributed by atoms with Crippen molar-refractivity contribution in [2.45, 2.75) is 211 Å². The maximum absolute atomic E-state index is 12.2. The highest BCUT2D eigenvalue weighted by Crippen LogP contribution is 2.46. The summed E-state index contributed by atoms with van der Waals surface area (Å²) in [5, 5.41) is 28.0. The maximum atomic E-state index is 12.2. The zero-order valence-corrected chi connectivity index (χ0v) is 85.0. The van der Waals surface area contributed by atoms with Crippen molar-refractivity contribution >= 4 is 70.1 Å². The lowest BCUT2D eigenvalue weighted by atomic mass is 9.85. The van der Waals surface area contributed by atoms with Crippen LogP contribution < -0.4 is 5.56 Å². The van der Waals surface area contributed by atoms with Gasteiger partial charge in [0.2, 0.25) is 0 Å². The van der Waals surface area contributed by atoms with Gasteiger partial charge in [-0.25, -0.2) is 0 Å². The number of methoxy groups -OCH3 is 1. The number of aliphatic imine (C=N–C) groups is 6. The topological polar surface area (TPSA) is 382 Å². The van der Waals surface area contributed by atoms with Crippen molar-refractivity contribution in [2.75, 3.05) is 132 Å². The average Bonchev–Trinajstić information content (AvgIpc) is 1.67. The summed E-state index contributed by atoms with van der Waals surface area (Å²) in [6, 6.07) is 39.5. The number of ether oxygens (including phenoxy) is 13. The number of benzene rings is 7. The van der Waals surface area contributed by atoms with Gasteiger partial charge in [-0.3, -0.25) is 68.4 Å². The molecule has 19 heterocycles. The minimum Gasteiger partial charge on any atom is -0.457 e. The molecule has 31 heteroatoms. The zero-order valence-electron chi connectivity index (χ0n) is 85.0. The molecule has 18 aliphatic heterocycles. The molecule has 3 N–H and O–H groups in total. The molecule has 0 bridgehead atoms. The number of fused-ring (bicyclic) bond motifs is 12. The molecule has 26 rings (SSSR count). The smallest absolute Gasteiger partial charge is 0.310 e. The molecule has 6 atom stereocenters. The fourth-order valence-corrected chi connectivity index (χ4v) is 24.3. The summed E-state index contributed by atoms with van der Waals surface area (Å²) in [5.74, 6) is 1.25. The first kappa shape index (κ1) is 103. The van der Waals surface area contributed by atoms with Crippen molar-refractivity contribution in [2.24, 2.45) is 66.6 Å². The van der Waals surface area contributed by atoms with Crippen LogP contribution in [0.15, 0.2) is 156 Å². The maximum Gasteiger partial charge on any atom is 0.310 e. The van der Waals surface area contributed by atoms with Crippen molar-refractivity contribution in [3.63, 3.8) is 0 Å². The number of pyridine rings is 1. The number of nitrogens with zero attached hydrogens (tertiary/aromatic N) is 8. The molecule has 1 aromatic heterocycles. The van der Waals surface area contributed by atoms with Crippen LogP contribution in [0, 0.1) is 29.6 Å². The van der Waals surface area contributed by atoms with Gasteiger partial charge in [0, 0.05) is 255 Å². The number of hydrogen-bond acceptors (Lipinski definition) is 30. The van der Waals surface area contributed by atoms with Gasteiger partial charge in [0.15, 0.2) is 6.10 Å². The molecule has 0 saturated carbocycles. The van der Waals surface area contributed by atoms with Crippen LogP contribution in [0.3, 0.4) is 0 Å². The summed E-state index contributed by atoms with van der Waals surface area (Å²) in [6.07, 6.45) is 15.1. The highest BCUT2D eigenvalue weighted by Gasteiger charge is 2.42. The van der Waals surface area contributed by atoms with Crippen LogP contribution in [-0.4, -0.2) is 227 Å². The lowest BCUT2D eigenvalue weighted by Crippen LogP contribution is -2.38. The Balaban J connectivity index is 0.000000105. The molecule has 8 aromatic rings. The summed E-state index contributed by atoms with van der Waals surface area (Å²) < 4.78 is 72.8. The SMILES string of the molecule is COCCC1OC(=O)Cc2cc3c(cc21)C(C1CCOCC1)=NC3.Cn1ccc(C2=NCc3cc4c(cc32)C(CCO)OC(=O)C4)cc1=O.O=C1Cc2cc3c(cc2C(CCN2CCOCC2)O1)C(C1CCOCC1)=NC3.O=C1Cc2cc3c(cc2C(CCO)O1)C(C1CCOCC1)=NC3.O=C1Cc2cc3c(cc2C(CO)O1)C(C1CCOCC1)=NC3.O=C1Cc2cc3c(cc2C(Cc2ccccc2)O1)C(C1CCOCC1)=NC3. The molecule has 0 radical (unpaired) electrons. The number of rotatable bonds is 19. The molecule has 782 valence electrons. The van der Waals surface area contributed by atoms with Gasteiger partial charge in [0.1, 0.15) is 30.5 Å². The van der Waals surface area contributed by atoms with Crippen LogP contribution >= 0.6 is 0 Å². The second-order valence-corrected chi connectivity index (χ2v) is 41.6. The van der Waals surface area contributed by atoms with Gasteiger partial charge in [-0.15, -0.1) is 0 Å². The number of cyclic esters (lactones) is 6. The largest absolute Gasteiger partial charge is 0.457 e. The summed E-state index contributed by atoms with van der Waals surface area (Å²) in [4.78, 5) is 114. The molecular weight excluding hydrogens is 1900 g/mol. The molecule has 18 aliphatic rings. The van der Waals surface area contributed by atoms with E-state index in [9.17, 15) is 48.9 Å². The van der Waals surface area contributed by atoms with Crippen LogP contribution in [0.2, 0.25) is 0 Å². The number of hydrogen-bond donors (Lipinski definition) is 3. The van der Waals surface area contributed by atoms with Gasteiger partial charge in [-0.1, -0.05) is 66.7 Å². The lowest BCUT2D eigenvalue weighted by molar-refractivity contribution is -0.153. The van der Waals surface area contributed by atoms with E-state index in [0.717, 1.165) is 278 Å². The second kappa shape index (κ2) is 47.2. The number of morpholine rings is 1. The zero-order chi connectivity index (χ0) is 102. The average molecular weight is 2030 g/mol. The summed E-state index contributed by atoms with van der Waals surface area (Å²) in [7, 11) is 3.38. The number of aryl methyl sites for hydroxylation is 1. The number of aliphatic hydroxyl groups is 3. The Bertz CT molecular complexity index is 6640. The predicted octanol–water partition coefficient (Wildman–Crippen LogP) is 13.4. The van der Waals surface area contributed by atoms with E-state index in [1.54, 1.807) is 26.4 Å². The number of aromatic nitrogens is 1. The lowest BCUT2D eigenvalue weighted by Gasteiger charge is -2.31. The first-order chi connectivity index (χ1) is 72.9. The minimum absolute atomic E-state index is 0.00931. The van der Waals surface area contributed by atoms with E-state index < -0.39 is 12.2 Å². The molecule has 0 spiro atoms. The minimum atomic E-state index is -0.543. The van der Waals surface area contributed by atoms with Gasteiger partial charge >= 0.3 is 35.8 Å². The molecule has 6 saturated heterocycles. The monoisotopic (exact) mass is 2030 g/mol. The van der Waals surface area contributed by atoms with E-state index in [1.165, 1.54) is 94.2 Å². The highest BCUT2D eigenvalue weighted by molar-refractivity contribution is 6.15. The molecule has 7 aromatic carbocycles. The van der Waals surface area contributed by atoms with Crippen LogP contribution in [0.1, 0.15) is 271 Å². The number of aliphatic hydroxyl groups excluding tert-OH is 3. The number of esters is 6. The van der Waals surface area contributed by atoms with Crippen molar-refractivity contribution in [3.05, 3.63) is 276 Å². The third-order valence-corrected chi connectivity index (χ3v) is 32.1. The molecule has 0 amide bonds. The quantitative estimate of drug-likeness (QED) is 0.0500. The van der Waals surface area contributed by atoms with Gasteiger partial charge in [0.25, 0.3) is 5.56 Å². The normalized spacial score (nSPS) is 23.0. The Kier molecular flexibility index (Phi) is 32.5. The standard InChI is InChI=1S/C23H23NO3.C22H28N2O4.C19H18N2O4.C19H23NO4.C18H21NO4.C17H19NO4/c25-22-12-17-11-18-14-24-23(16-6-8-26-9-7-16)20(18)13-19(17)21(27-22)10-15-4-2-1-3-5-15;25-21-12-16-11-17-14-23-22(15-2-7-26-8-3-15)19(17)13-18(16)20(28-21)1-4-24-5-9-27-10-6-24;1-21-4-2-11(7-17(21)23)19-15-9-14-12(6-13(15)10-20-19)8-18(24)25-16(14)3-5-22;1-22-5-4-17-15-10-16-14(8-13(15)9-18(21)24-17)11-20-19(16)12-2-6-23-7-3-12;20-4-1-16-14-9-15-13(7-12(14)8-17(21)23-16)10-19-18(15)11-2-5-22-6-3-11;19-9-15-13-7-14-12(5-11(13)6-16(20)22-15)8-18-17(14)10-1-3-21-4-2-10/h1-5,11,13,16,21H,6-10,12,14H2;11,13,15,20H,1-10,12,14H2;2,4,6-7,9,16,22H,3,5,8,10H2,1H3;8,10,12,17H,2-7,9,11H2,1H3;7,9,11,16,20H,1-6,8,10H2;5,7,10,15,19H,1-4,6,8-9H2. The van der Waals surface area contributed by atoms with Gasteiger partial charge < -0.3 is 81.5 Å². The first-order valence-corrected chi connectivity index (χ1v) is 53.5. The van der Waals surface area contributed by atoms with E-state index in [0.29, 0.717) is 107 Å². The van der Waals surface area contributed by atoms with Gasteiger partial charge in [-0.2, -0.15) is 0 Å². The Morgan fingerprint density at radius 3 is 0.953 bits per heavy atom. The highest BCUT2D eigenvalue weighted by atomic mass is 16.6. The Morgan fingerprint density at radius 1 is 0.322 bits per heavy atom. The summed E-state index contributed by atoms with van der Waals surface area (Å²) in [6.45, 7) is 17.0. The van der Waals surface area contributed by atoms with Gasteiger partial charge in [-0.05, 0) is 212 Å². The molecule has 6 fully saturated rings. The van der Waals surface area contributed by atoms with E-state index in [1.807, 2.05) is 36.4 Å². The van der Waals surface area contributed by atoms with Crippen LogP contribution in [0.5, 0.6) is 0 Å². The first-order valence-electron chi connectivity index (χ1n) is 53.5. The summed E-state index contributed by atoms with van der Waals surface area (Å²) in [5.41, 5.74) is 35.7. The fourth-order valence-electron chi connectivity index (χ4n) is 24.3. The Morgan fingerprint density at radius 2 is 0.617 bits per heavy atom. The van der Waals surface area contributed by atoms with E-state index in [4.69, 9.17) is 86.5 Å². The summed E-state index contributed by atoms with van der Waals surface area (Å²) >= 11 is 0. The molecular formula is C118H132N8O23. The molecule has 6 unspecified atom stereocenters. The second-order valence-electron chi connectivity index (χ2n) is 41.6. The van der Waals surface area contributed by atoms with Crippen LogP contribution in [0.25, 0.3) is 0 Å². The Hall–Kier alpha value is -12.1. The van der Waals surface area contributed by atoms with Crippen molar-refractivity contribution < 1.29 is 106 Å². The van der Waals surface area contributed by atoms with E-state index >= 15 is 0 Å². The number of carbonyl (C=O) groups is 6. The van der Waals surface area contributed by atoms with Crippen molar-refractivity contribution in [1.82, 2.24) is 9.47 Å². The van der Waals surface area contributed by atoms with Gasteiger partial charge in [0.05, 0.1) is 110 Å². The van der Waals surface area contributed by atoms with Crippen molar-refractivity contribution in [3.8, 4) is 0 Å². The van der Waals surface area contributed by atoms with E-state index in [-0.39, 0.29) is 98.5 Å². The third-order valence-electron chi connectivity index (χ3n) is 32.1. The van der Waals surface area contributed by atoms with Crippen LogP contribution in [-0.2, 0) is 182 Å².